The summed E-state index contributed by atoms with van der Waals surface area (Å²) in [6.45, 7) is 1.12. The van der Waals surface area contributed by atoms with Crippen molar-refractivity contribution in [1.29, 1.82) is 0 Å². The van der Waals surface area contributed by atoms with Crippen LogP contribution in [0.3, 0.4) is 0 Å². The van der Waals surface area contributed by atoms with Crippen molar-refractivity contribution in [3.8, 4) is 0 Å². The zero-order chi connectivity index (χ0) is 11.7. The van der Waals surface area contributed by atoms with E-state index in [4.69, 9.17) is 16.7 Å². The minimum atomic E-state index is -1.21. The van der Waals surface area contributed by atoms with Crippen molar-refractivity contribution in [1.82, 2.24) is 15.1 Å². The lowest BCUT2D eigenvalue weighted by molar-refractivity contribution is 0.0689. The van der Waals surface area contributed by atoms with Crippen LogP contribution in [-0.4, -0.2) is 33.3 Å². The Kier molecular flexibility index (Phi) is 2.68. The van der Waals surface area contributed by atoms with Crippen molar-refractivity contribution in [3.05, 3.63) is 16.4 Å². The molecule has 16 heavy (non-hydrogen) atoms. The Balaban J connectivity index is 2.64. The van der Waals surface area contributed by atoms with E-state index >= 15 is 0 Å². The Morgan fingerprint density at radius 1 is 1.62 bits per heavy atom. The molecule has 0 atom stereocenters. The molecule has 1 aromatic heterocycles. The van der Waals surface area contributed by atoms with Gasteiger partial charge in [-0.15, -0.1) is 0 Å². The quantitative estimate of drug-likeness (QED) is 0.696. The molecule has 0 saturated carbocycles. The first-order valence-electron chi connectivity index (χ1n) is 4.64. The zero-order valence-electron chi connectivity index (χ0n) is 8.16. The van der Waals surface area contributed by atoms with Gasteiger partial charge in [0.2, 0.25) is 0 Å². The highest BCUT2D eigenvalue weighted by atomic mass is 35.5. The van der Waals surface area contributed by atoms with Crippen molar-refractivity contribution in [3.63, 3.8) is 0 Å². The van der Waals surface area contributed by atoms with Gasteiger partial charge < -0.3 is 10.4 Å². The number of carbonyl (C=O) groups is 1. The van der Waals surface area contributed by atoms with Crippen molar-refractivity contribution in [2.45, 2.75) is 13.0 Å². The van der Waals surface area contributed by atoms with Gasteiger partial charge in [0.25, 0.3) is 0 Å². The van der Waals surface area contributed by atoms with Gasteiger partial charge in [0, 0.05) is 13.1 Å². The second-order valence-corrected chi connectivity index (χ2v) is 3.67. The van der Waals surface area contributed by atoms with Crippen LogP contribution in [0.2, 0.25) is 5.02 Å². The number of hydrogen-bond acceptors (Lipinski definition) is 4. The number of hydrogen-bond donors (Lipinski definition) is 2. The highest BCUT2D eigenvalue weighted by Gasteiger charge is 2.25. The molecule has 1 aliphatic heterocycles. The Morgan fingerprint density at radius 3 is 3.00 bits per heavy atom. The number of aromatic nitrogens is 2. The molecule has 0 bridgehead atoms. The van der Waals surface area contributed by atoms with E-state index < -0.39 is 5.97 Å². The van der Waals surface area contributed by atoms with Crippen LogP contribution in [0.4, 0.5) is 0 Å². The monoisotopic (exact) mass is 241 g/mol. The van der Waals surface area contributed by atoms with Crippen LogP contribution in [0.25, 0.3) is 5.70 Å². The number of fused-ring (bicyclic) bond motifs is 1. The number of rotatable bonds is 1. The number of nitrogens with one attached hydrogen (secondary N) is 1. The molecule has 2 rings (SSSR count). The van der Waals surface area contributed by atoms with Crippen LogP contribution in [-0.2, 0) is 11.3 Å². The SMILES string of the molecule is O=C=C1NCCCn2nc(C(=O)O)c(Cl)c21. The van der Waals surface area contributed by atoms with Gasteiger partial charge in [0.1, 0.15) is 16.4 Å². The van der Waals surface area contributed by atoms with Crippen LogP contribution in [0.15, 0.2) is 0 Å². The number of aryl methyl sites for hydroxylation is 1. The zero-order valence-corrected chi connectivity index (χ0v) is 8.91. The molecule has 0 unspecified atom stereocenters. The second-order valence-electron chi connectivity index (χ2n) is 3.30. The first-order chi connectivity index (χ1) is 7.65. The van der Waals surface area contributed by atoms with E-state index in [1.807, 2.05) is 0 Å². The van der Waals surface area contributed by atoms with Crippen molar-refractivity contribution in [2.75, 3.05) is 6.54 Å². The van der Waals surface area contributed by atoms with E-state index in [1.54, 1.807) is 5.94 Å². The van der Waals surface area contributed by atoms with Crippen molar-refractivity contribution < 1.29 is 14.7 Å². The molecule has 2 heterocycles. The summed E-state index contributed by atoms with van der Waals surface area (Å²) in [6, 6.07) is 0. The Morgan fingerprint density at radius 2 is 2.38 bits per heavy atom. The normalized spacial score (nSPS) is 14.7. The van der Waals surface area contributed by atoms with Gasteiger partial charge in [-0.25, -0.2) is 9.59 Å². The number of carbonyl (C=O) groups excluding carboxylic acids is 1. The van der Waals surface area contributed by atoms with Crippen LogP contribution in [0.1, 0.15) is 22.6 Å². The topological polar surface area (TPSA) is 84.2 Å². The standard InChI is InChI=1S/C9H8ClN3O3/c10-6-7(9(15)16)12-13-3-1-2-11-5(4-14)8(6)13/h11H,1-3H2,(H,15,16). The predicted octanol–water partition coefficient (Wildman–Crippen LogP) is 0.401. The molecule has 1 aliphatic rings. The predicted molar refractivity (Wildman–Crippen MR) is 55.9 cm³/mol. The maximum atomic E-state index is 10.8. The van der Waals surface area contributed by atoms with E-state index in [9.17, 15) is 9.59 Å². The molecule has 0 fully saturated rings. The van der Waals surface area contributed by atoms with Gasteiger partial charge in [-0.3, -0.25) is 4.68 Å². The molecular weight excluding hydrogens is 234 g/mol. The Labute approximate surface area is 95.5 Å². The number of nitrogens with zero attached hydrogens (tertiary/aromatic N) is 2. The van der Waals surface area contributed by atoms with Crippen LogP contribution in [0, 0.1) is 0 Å². The average molecular weight is 242 g/mol. The maximum Gasteiger partial charge on any atom is 0.358 e. The fourth-order valence-corrected chi connectivity index (χ4v) is 1.90. The van der Waals surface area contributed by atoms with Crippen molar-refractivity contribution >= 4 is 29.2 Å². The summed E-state index contributed by atoms with van der Waals surface area (Å²) in [5, 5.41) is 15.5. The van der Waals surface area contributed by atoms with E-state index in [1.165, 1.54) is 4.68 Å². The van der Waals surface area contributed by atoms with Gasteiger partial charge >= 0.3 is 5.97 Å². The van der Waals surface area contributed by atoms with E-state index in [2.05, 4.69) is 10.4 Å². The number of aromatic carboxylic acids is 1. The average Bonchev–Trinajstić information content (AvgIpc) is 2.47. The van der Waals surface area contributed by atoms with Gasteiger partial charge in [0.05, 0.1) is 0 Å². The third-order valence-corrected chi connectivity index (χ3v) is 2.64. The lowest BCUT2D eigenvalue weighted by Gasteiger charge is -2.02. The van der Waals surface area contributed by atoms with Crippen molar-refractivity contribution in [2.24, 2.45) is 0 Å². The minimum absolute atomic E-state index is 0.0275. The Bertz CT molecular complexity index is 502. The highest BCUT2D eigenvalue weighted by Crippen LogP contribution is 2.26. The third-order valence-electron chi connectivity index (χ3n) is 2.28. The highest BCUT2D eigenvalue weighted by molar-refractivity contribution is 6.35. The summed E-state index contributed by atoms with van der Waals surface area (Å²) in [6.07, 6.45) is 0.731. The molecule has 1 aromatic rings. The molecule has 0 radical (unpaired) electrons. The molecule has 0 amide bonds. The molecule has 0 aliphatic carbocycles. The van der Waals surface area contributed by atoms with Crippen LogP contribution >= 0.6 is 11.6 Å². The fourth-order valence-electron chi connectivity index (χ4n) is 1.59. The Hall–Kier alpha value is -1.78. The number of carboxylic acid groups (broad SMARTS) is 1. The van der Waals surface area contributed by atoms with Gasteiger partial charge in [-0.2, -0.15) is 5.10 Å². The van der Waals surface area contributed by atoms with Gasteiger partial charge in [-0.05, 0) is 6.42 Å². The molecule has 84 valence electrons. The van der Waals surface area contributed by atoms with E-state index in [0.29, 0.717) is 18.8 Å². The molecule has 7 heteroatoms. The molecule has 6 nitrogen and oxygen atoms in total. The number of halogens is 1. The number of carboxylic acids is 1. The maximum absolute atomic E-state index is 10.8. The summed E-state index contributed by atoms with van der Waals surface area (Å²) in [5.41, 5.74) is 0.210. The summed E-state index contributed by atoms with van der Waals surface area (Å²) in [5.74, 6) is 0.498. The lowest BCUT2D eigenvalue weighted by Crippen LogP contribution is -2.12. The summed E-state index contributed by atoms with van der Waals surface area (Å²) >= 11 is 5.88. The summed E-state index contributed by atoms with van der Waals surface area (Å²) in [7, 11) is 0. The fraction of sp³-hybridized carbons (Fsp3) is 0.333. The van der Waals surface area contributed by atoms with Crippen LogP contribution < -0.4 is 5.32 Å². The van der Waals surface area contributed by atoms with E-state index in [0.717, 1.165) is 6.42 Å². The second kappa shape index (κ2) is 4.00. The first-order valence-corrected chi connectivity index (χ1v) is 5.02. The molecule has 0 spiro atoms. The minimum Gasteiger partial charge on any atom is -0.476 e. The first kappa shape index (κ1) is 10.7. The summed E-state index contributed by atoms with van der Waals surface area (Å²) < 4.78 is 1.42. The van der Waals surface area contributed by atoms with Gasteiger partial charge in [-0.1, -0.05) is 11.6 Å². The molecule has 2 N–H and O–H groups in total. The summed E-state index contributed by atoms with van der Waals surface area (Å²) in [4.78, 5) is 21.6. The molecule has 0 saturated heterocycles. The largest absolute Gasteiger partial charge is 0.476 e. The third kappa shape index (κ3) is 1.58. The van der Waals surface area contributed by atoms with Crippen LogP contribution in [0.5, 0.6) is 0 Å². The lowest BCUT2D eigenvalue weighted by atomic mass is 10.3. The molecule has 0 aromatic carbocycles. The smallest absolute Gasteiger partial charge is 0.358 e. The van der Waals surface area contributed by atoms with Gasteiger partial charge in [0.15, 0.2) is 11.6 Å². The van der Waals surface area contributed by atoms with E-state index in [-0.39, 0.29) is 16.4 Å². The molecular formula is C9H8ClN3O3.